The molecule has 0 saturated heterocycles. The number of para-hydroxylation sites is 2. The Morgan fingerprint density at radius 3 is 1.27 bits per heavy atom. The molecule has 0 spiro atoms. The molecule has 0 aliphatic rings. The van der Waals surface area contributed by atoms with E-state index < -0.39 is 63.1 Å². The molecule has 1 amide bonds. The molecule has 11 rings (SSSR count). The van der Waals surface area contributed by atoms with Gasteiger partial charge in [-0.2, -0.15) is 0 Å². The zero-order chi connectivity index (χ0) is 73.0. The fourth-order valence-corrected chi connectivity index (χ4v) is 11.9. The van der Waals surface area contributed by atoms with E-state index in [9.17, 15) is 44.7 Å². The number of halogens is 1. The summed E-state index contributed by atoms with van der Waals surface area (Å²) in [7, 11) is -8.85. The number of aromatic hydroxyl groups is 1. The molecular weight excluding hydrogens is 1420 g/mol. The van der Waals surface area contributed by atoms with Crippen molar-refractivity contribution < 1.29 is 63.1 Å². The number of nitrogen functional groups attached to an aromatic ring is 5. The first-order valence-corrected chi connectivity index (χ1v) is 34.8. The van der Waals surface area contributed by atoms with Gasteiger partial charge in [-0.05, 0) is 118 Å². The van der Waals surface area contributed by atoms with Crippen molar-refractivity contribution in [2.24, 2.45) is 5.84 Å². The topological polar surface area (TPSA) is 515 Å². The van der Waals surface area contributed by atoms with Gasteiger partial charge >= 0.3 is 11.9 Å². The lowest BCUT2D eigenvalue weighted by atomic mass is 10.1. The SMILES string of the molecule is CC(=O)Oc1ccccc1-c1nnc(-c2nc(-c3ccc(S(=O)(=O)C(C)C)cc3)cnc2N)o1.CC(C)S(=O)(=O)c1ccc(-c2cnc(N)c(-c3nnc(-c4ccccc4O)o3)n2)cc1.CC(C)S(=O)(=O)c1ccc(-c2cnc(N)c(C(=O)NN)n2)cc1.COC(=O)c1nc(Br)cnc1N. The second-order valence-electron chi connectivity index (χ2n) is 21.6. The lowest BCUT2D eigenvalue weighted by Crippen LogP contribution is -2.31. The van der Waals surface area contributed by atoms with Crippen LogP contribution in [0.15, 0.2) is 174 Å². The summed E-state index contributed by atoms with van der Waals surface area (Å²) in [5, 5.41) is 24.4. The summed E-state index contributed by atoms with van der Waals surface area (Å²) in [6.07, 6.45) is 5.75. The Hall–Kier alpha value is -11.6. The average molecular weight is 1480 g/mol. The van der Waals surface area contributed by atoms with Gasteiger partial charge in [0.2, 0.25) is 0 Å². The molecule has 0 atom stereocenters. The van der Waals surface area contributed by atoms with Crippen LogP contribution in [0, 0.1) is 0 Å². The van der Waals surface area contributed by atoms with Crippen molar-refractivity contribution in [1.82, 2.24) is 65.7 Å². The van der Waals surface area contributed by atoms with Crippen molar-refractivity contribution in [3.05, 3.63) is 162 Å². The minimum Gasteiger partial charge on any atom is -0.507 e. The van der Waals surface area contributed by atoms with Crippen LogP contribution in [0.3, 0.4) is 0 Å². The van der Waals surface area contributed by atoms with Crippen LogP contribution in [0.1, 0.15) is 69.4 Å². The summed E-state index contributed by atoms with van der Waals surface area (Å²) in [6.45, 7) is 11.1. The van der Waals surface area contributed by atoms with Gasteiger partial charge in [0.15, 0.2) is 75.6 Å². The van der Waals surface area contributed by atoms with Gasteiger partial charge in [-0.15, -0.1) is 20.4 Å². The summed E-state index contributed by atoms with van der Waals surface area (Å²) in [6, 6.07) is 32.2. The number of hydrazine groups is 1. The molecule has 12 N–H and O–H groups in total. The third-order valence-electron chi connectivity index (χ3n) is 14.0. The Balaban J connectivity index is 0.000000179. The molecule has 0 radical (unpaired) electrons. The monoisotopic (exact) mass is 1480 g/mol. The number of aromatic nitrogens is 12. The molecular formula is C64H63BrN18O14S3. The quantitative estimate of drug-likeness (QED) is 0.0158. The lowest BCUT2D eigenvalue weighted by molar-refractivity contribution is -0.131. The Labute approximate surface area is 580 Å². The van der Waals surface area contributed by atoms with Crippen LogP contribution >= 0.6 is 15.9 Å². The Kier molecular flexibility index (Phi) is 23.5. The normalized spacial score (nSPS) is 11.3. The van der Waals surface area contributed by atoms with E-state index >= 15 is 0 Å². The number of nitrogens with two attached hydrogens (primary N) is 5. The van der Waals surface area contributed by atoms with Crippen LogP contribution in [0.5, 0.6) is 11.5 Å². The van der Waals surface area contributed by atoms with E-state index in [-0.39, 0.29) is 95.8 Å². The standard InChI is InChI=1S/C23H21N5O5S.C21H19N5O4S.C14H17N5O3S.C6H6BrN3O2/c1-13(2)34(30,31)16-10-8-15(9-11-16)18-12-25-21(24)20(26-18)23-28-27-22(33-23)17-6-4-5-7-19(17)32-14(3)29;1-12(2)31(28,29)14-9-7-13(8-10-14)16-11-23-19(22)18(24-16)21-26-25-20(30-21)15-5-3-4-6-17(15)27;1-8(2)23(21,22)10-5-3-9(4-6-10)11-7-17-13(15)12(18-11)14(20)19-16;1-12-6(11)4-5(8)9-2-3(7)10-4/h4-13H,1-3H3,(H2,24,25);3-12,27H,1-2H3,(H2,22,23);3-8H,16H2,1-2H3,(H2,15,17)(H,19,20);2H,1H3,(H2,8,9). The highest BCUT2D eigenvalue weighted by molar-refractivity contribution is 9.10. The van der Waals surface area contributed by atoms with Gasteiger partial charge in [0.1, 0.15) is 16.1 Å². The number of nitrogens with zero attached hydrogens (tertiary/aromatic N) is 12. The van der Waals surface area contributed by atoms with Gasteiger partial charge in [0.05, 0.1) is 90.5 Å². The highest BCUT2D eigenvalue weighted by Gasteiger charge is 2.25. The molecule has 518 valence electrons. The number of benzene rings is 5. The van der Waals surface area contributed by atoms with Crippen molar-refractivity contribution in [1.29, 1.82) is 0 Å². The third kappa shape index (κ3) is 17.4. The summed E-state index contributed by atoms with van der Waals surface area (Å²) in [4.78, 5) is 67.4. The molecule has 11 aromatic rings. The summed E-state index contributed by atoms with van der Waals surface area (Å²) >= 11 is 3.06. The zero-order valence-electron chi connectivity index (χ0n) is 54.2. The minimum atomic E-state index is -3.39. The van der Waals surface area contributed by atoms with Crippen molar-refractivity contribution in [3.63, 3.8) is 0 Å². The van der Waals surface area contributed by atoms with Crippen LogP contribution in [-0.4, -0.2) is 131 Å². The number of carbonyl (C=O) groups is 3. The predicted octanol–water partition coefficient (Wildman–Crippen LogP) is 8.00. The number of rotatable bonds is 16. The molecule has 32 nitrogen and oxygen atoms in total. The number of phenols is 1. The fourth-order valence-electron chi connectivity index (χ4n) is 8.45. The highest BCUT2D eigenvalue weighted by atomic mass is 79.9. The molecule has 0 aliphatic carbocycles. The lowest BCUT2D eigenvalue weighted by Gasteiger charge is -2.09. The van der Waals surface area contributed by atoms with Gasteiger partial charge in [-0.1, -0.05) is 60.7 Å². The first-order chi connectivity index (χ1) is 47.3. The van der Waals surface area contributed by atoms with Gasteiger partial charge in [0, 0.05) is 23.6 Å². The van der Waals surface area contributed by atoms with Gasteiger partial charge in [-0.25, -0.2) is 75.8 Å². The molecule has 100 heavy (non-hydrogen) atoms. The van der Waals surface area contributed by atoms with Crippen LogP contribution < -0.4 is 38.9 Å². The molecule has 0 unspecified atom stereocenters. The largest absolute Gasteiger partial charge is 0.507 e. The number of esters is 2. The maximum absolute atomic E-state index is 12.4. The van der Waals surface area contributed by atoms with Gasteiger partial charge in [-0.3, -0.25) is 15.0 Å². The third-order valence-corrected chi connectivity index (χ3v) is 20.9. The van der Waals surface area contributed by atoms with E-state index in [0.717, 1.165) is 0 Å². The summed E-state index contributed by atoms with van der Waals surface area (Å²) < 4.78 is 95.0. The van der Waals surface area contributed by atoms with E-state index in [2.05, 4.69) is 80.9 Å². The number of carbonyl (C=O) groups excluding carboxylic acids is 3. The van der Waals surface area contributed by atoms with E-state index in [1.165, 1.54) is 81.3 Å². The predicted molar refractivity (Wildman–Crippen MR) is 370 cm³/mol. The number of sulfone groups is 3. The maximum Gasteiger partial charge on any atom is 0.360 e. The summed E-state index contributed by atoms with van der Waals surface area (Å²) in [5.74, 6) is 4.09. The number of methoxy groups -OCH3 is 1. The summed E-state index contributed by atoms with van der Waals surface area (Å²) in [5.41, 5.74) is 29.1. The van der Waals surface area contributed by atoms with E-state index in [4.69, 9.17) is 42.3 Å². The van der Waals surface area contributed by atoms with Crippen molar-refractivity contribution in [2.45, 2.75) is 78.9 Å². The van der Waals surface area contributed by atoms with Crippen LogP contribution in [0.25, 0.3) is 79.8 Å². The molecule has 0 saturated carbocycles. The first kappa shape index (κ1) is 74.2. The highest BCUT2D eigenvalue weighted by Crippen LogP contribution is 2.35. The maximum atomic E-state index is 12.4. The van der Waals surface area contributed by atoms with Crippen molar-refractivity contribution >= 4 is 86.6 Å². The number of hydrogen-bond acceptors (Lipinski definition) is 31. The number of phenolic OH excluding ortho intramolecular Hbond substituents is 1. The number of anilines is 4. The second-order valence-corrected chi connectivity index (χ2v) is 30.0. The molecule has 0 aliphatic heterocycles. The molecule has 6 aromatic heterocycles. The Morgan fingerprint density at radius 2 is 0.860 bits per heavy atom. The minimum absolute atomic E-state index is 0.00180. The van der Waals surface area contributed by atoms with Crippen LogP contribution in [0.2, 0.25) is 0 Å². The Bertz CT molecular complexity index is 5160. The molecule has 36 heteroatoms. The van der Waals surface area contributed by atoms with Crippen LogP contribution in [0.4, 0.5) is 23.3 Å². The molecule has 5 aromatic carbocycles. The van der Waals surface area contributed by atoms with Gasteiger partial charge < -0.3 is 46.3 Å². The smallest absolute Gasteiger partial charge is 0.360 e. The second kappa shape index (κ2) is 31.7. The number of hydrogen-bond donors (Lipinski definition) is 7. The van der Waals surface area contributed by atoms with E-state index in [1.807, 2.05) is 5.43 Å². The Morgan fingerprint density at radius 1 is 0.490 bits per heavy atom. The van der Waals surface area contributed by atoms with Crippen LogP contribution in [-0.2, 0) is 39.0 Å². The average Bonchev–Trinajstić information content (AvgIpc) is 1.31. The first-order valence-electron chi connectivity index (χ1n) is 29.4. The number of ether oxygens (including phenoxy) is 2. The molecule has 0 fully saturated rings. The van der Waals surface area contributed by atoms with Crippen molar-refractivity contribution in [3.8, 4) is 91.3 Å². The molecule has 0 bridgehead atoms. The van der Waals surface area contributed by atoms with E-state index in [1.54, 1.807) is 120 Å². The fraction of sp³-hybridized carbons (Fsp3) is 0.172. The van der Waals surface area contributed by atoms with Gasteiger partial charge in [0.25, 0.3) is 29.5 Å². The zero-order valence-corrected chi connectivity index (χ0v) is 58.2. The number of amides is 1. The molecule has 6 heterocycles. The van der Waals surface area contributed by atoms with Crippen molar-refractivity contribution in [2.75, 3.05) is 30.0 Å². The van der Waals surface area contributed by atoms with E-state index in [0.29, 0.717) is 49.5 Å². The number of nitrogens with one attached hydrogen (secondary N) is 1.